The van der Waals surface area contributed by atoms with Crippen LogP contribution in [0.3, 0.4) is 0 Å². The Morgan fingerprint density at radius 1 is 1.35 bits per heavy atom. The zero-order valence-electron chi connectivity index (χ0n) is 11.7. The summed E-state index contributed by atoms with van der Waals surface area (Å²) >= 11 is 0. The van der Waals surface area contributed by atoms with E-state index in [1.54, 1.807) is 4.90 Å². The number of carbonyl (C=O) groups is 2. The van der Waals surface area contributed by atoms with Crippen LogP contribution in [0.25, 0.3) is 0 Å². The van der Waals surface area contributed by atoms with Crippen molar-refractivity contribution in [3.05, 3.63) is 0 Å². The summed E-state index contributed by atoms with van der Waals surface area (Å²) in [7, 11) is 0. The van der Waals surface area contributed by atoms with Crippen molar-refractivity contribution in [3.63, 3.8) is 0 Å². The van der Waals surface area contributed by atoms with Gasteiger partial charge >= 0.3 is 12.2 Å². The number of likely N-dealkylation sites (N-methyl/N-ethyl adjacent to an activating group) is 1. The van der Waals surface area contributed by atoms with E-state index in [2.05, 4.69) is 0 Å². The molecule has 1 aliphatic rings. The molecule has 0 aromatic carbocycles. The van der Waals surface area contributed by atoms with Crippen molar-refractivity contribution < 1.29 is 22.8 Å². The lowest BCUT2D eigenvalue weighted by atomic mass is 10.2. The minimum absolute atomic E-state index is 0.173. The highest BCUT2D eigenvalue weighted by atomic mass is 19.4. The fourth-order valence-electron chi connectivity index (χ4n) is 2.08. The fourth-order valence-corrected chi connectivity index (χ4v) is 2.08. The molecular weight excluding hydrogens is 275 g/mol. The van der Waals surface area contributed by atoms with Crippen LogP contribution >= 0.6 is 0 Å². The molecule has 0 saturated carbocycles. The summed E-state index contributed by atoms with van der Waals surface area (Å²) in [4.78, 5) is 26.4. The summed E-state index contributed by atoms with van der Waals surface area (Å²) in [6.07, 6.45) is -4.15. The molecule has 0 bridgehead atoms. The molecule has 1 saturated heterocycles. The van der Waals surface area contributed by atoms with Crippen LogP contribution in [0.4, 0.5) is 18.0 Å². The molecule has 3 amide bonds. The van der Waals surface area contributed by atoms with E-state index in [1.807, 2.05) is 12.2 Å². The quantitative estimate of drug-likeness (QED) is 0.859. The number of nitrogens with zero attached hydrogens (tertiary/aromatic N) is 2. The van der Waals surface area contributed by atoms with Gasteiger partial charge in [0.1, 0.15) is 12.6 Å². The van der Waals surface area contributed by atoms with Crippen molar-refractivity contribution in [2.24, 2.45) is 0 Å². The Morgan fingerprint density at radius 2 is 2.00 bits per heavy atom. The molecule has 0 aromatic heterocycles. The highest BCUT2D eigenvalue weighted by Crippen LogP contribution is 2.22. The highest BCUT2D eigenvalue weighted by Gasteiger charge is 2.40. The summed E-state index contributed by atoms with van der Waals surface area (Å²) in [5.41, 5.74) is 0. The van der Waals surface area contributed by atoms with E-state index in [0.717, 1.165) is 4.90 Å². The van der Waals surface area contributed by atoms with Crippen LogP contribution in [0.15, 0.2) is 0 Å². The summed E-state index contributed by atoms with van der Waals surface area (Å²) < 4.78 is 37.8. The van der Waals surface area contributed by atoms with Crippen LogP contribution in [0, 0.1) is 0 Å². The standard InChI is InChI=1S/C12H20F3N3O2/c1-3-9(12(13,14)15)16-11(20)18-7-5-6-17(4-2)10(19)8-18/h9H,3-8H2,1-2H3,(H,16,20)/t9-/m0/s1. The number of amides is 3. The van der Waals surface area contributed by atoms with Crippen molar-refractivity contribution in [2.45, 2.75) is 38.9 Å². The molecule has 1 aliphatic heterocycles. The van der Waals surface area contributed by atoms with Gasteiger partial charge in [-0.15, -0.1) is 0 Å². The first kappa shape index (κ1) is 16.6. The van der Waals surface area contributed by atoms with Crippen LogP contribution in [0.5, 0.6) is 0 Å². The van der Waals surface area contributed by atoms with Crippen molar-refractivity contribution >= 4 is 11.9 Å². The number of rotatable bonds is 3. The largest absolute Gasteiger partial charge is 0.408 e. The minimum atomic E-state index is -4.48. The molecule has 5 nitrogen and oxygen atoms in total. The van der Waals surface area contributed by atoms with Gasteiger partial charge in [0.15, 0.2) is 0 Å². The Hall–Kier alpha value is -1.47. The third-order valence-electron chi connectivity index (χ3n) is 3.30. The van der Waals surface area contributed by atoms with Gasteiger partial charge in [-0.25, -0.2) is 4.79 Å². The zero-order valence-corrected chi connectivity index (χ0v) is 11.7. The lowest BCUT2D eigenvalue weighted by Crippen LogP contribution is -2.51. The minimum Gasteiger partial charge on any atom is -0.341 e. The van der Waals surface area contributed by atoms with E-state index in [0.29, 0.717) is 19.5 Å². The topological polar surface area (TPSA) is 52.7 Å². The molecule has 0 radical (unpaired) electrons. The predicted octanol–water partition coefficient (Wildman–Crippen LogP) is 1.59. The second-order valence-corrected chi connectivity index (χ2v) is 4.70. The van der Waals surface area contributed by atoms with E-state index in [9.17, 15) is 22.8 Å². The maximum Gasteiger partial charge on any atom is 0.408 e. The predicted molar refractivity (Wildman–Crippen MR) is 67.1 cm³/mol. The monoisotopic (exact) mass is 295 g/mol. The third-order valence-corrected chi connectivity index (χ3v) is 3.30. The van der Waals surface area contributed by atoms with E-state index < -0.39 is 18.2 Å². The number of hydrogen-bond donors (Lipinski definition) is 1. The van der Waals surface area contributed by atoms with E-state index in [4.69, 9.17) is 0 Å². The summed E-state index contributed by atoms with van der Waals surface area (Å²) in [5, 5.41) is 1.95. The van der Waals surface area contributed by atoms with Crippen molar-refractivity contribution in [1.82, 2.24) is 15.1 Å². The van der Waals surface area contributed by atoms with Crippen LogP contribution in [0.1, 0.15) is 26.7 Å². The molecule has 0 unspecified atom stereocenters. The first-order valence-electron chi connectivity index (χ1n) is 6.69. The van der Waals surface area contributed by atoms with Gasteiger partial charge < -0.3 is 15.1 Å². The average Bonchev–Trinajstić information content (AvgIpc) is 2.55. The fraction of sp³-hybridized carbons (Fsp3) is 0.833. The van der Waals surface area contributed by atoms with Gasteiger partial charge in [0.05, 0.1) is 0 Å². The van der Waals surface area contributed by atoms with Gasteiger partial charge in [-0.1, -0.05) is 6.92 Å². The second kappa shape index (κ2) is 6.81. The van der Waals surface area contributed by atoms with Gasteiger partial charge in [-0.2, -0.15) is 13.2 Å². The van der Waals surface area contributed by atoms with Crippen molar-refractivity contribution in [3.8, 4) is 0 Å². The number of urea groups is 1. The Morgan fingerprint density at radius 3 is 2.50 bits per heavy atom. The summed E-state index contributed by atoms with van der Waals surface area (Å²) in [6.45, 7) is 4.34. The molecule has 116 valence electrons. The lowest BCUT2D eigenvalue weighted by molar-refractivity contribution is -0.154. The summed E-state index contributed by atoms with van der Waals surface area (Å²) in [5.74, 6) is -0.236. The maximum absolute atomic E-state index is 12.6. The molecule has 1 atom stereocenters. The zero-order chi connectivity index (χ0) is 15.3. The Balaban J connectivity index is 2.65. The van der Waals surface area contributed by atoms with Gasteiger partial charge in [0.25, 0.3) is 0 Å². The van der Waals surface area contributed by atoms with E-state index in [1.165, 1.54) is 6.92 Å². The molecule has 20 heavy (non-hydrogen) atoms. The highest BCUT2D eigenvalue weighted by molar-refractivity contribution is 5.84. The molecule has 1 N–H and O–H groups in total. The van der Waals surface area contributed by atoms with Gasteiger partial charge in [0, 0.05) is 19.6 Å². The Bertz CT molecular complexity index is 360. The van der Waals surface area contributed by atoms with E-state index in [-0.39, 0.29) is 25.4 Å². The molecule has 1 fully saturated rings. The SMILES string of the molecule is CC[C@H](NC(=O)N1CCCN(CC)C(=O)C1)C(F)(F)F. The molecule has 8 heteroatoms. The van der Waals surface area contributed by atoms with Crippen LogP contribution in [0.2, 0.25) is 0 Å². The molecule has 1 rings (SSSR count). The number of halogens is 3. The molecule has 0 spiro atoms. The molecule has 0 aliphatic carbocycles. The van der Waals surface area contributed by atoms with Crippen molar-refractivity contribution in [1.29, 1.82) is 0 Å². The van der Waals surface area contributed by atoms with Gasteiger partial charge in [-0.05, 0) is 19.8 Å². The maximum atomic E-state index is 12.6. The second-order valence-electron chi connectivity index (χ2n) is 4.70. The van der Waals surface area contributed by atoms with Crippen LogP contribution in [-0.2, 0) is 4.79 Å². The molecule has 1 heterocycles. The first-order chi connectivity index (χ1) is 9.29. The normalized spacial score (nSPS) is 18.8. The average molecular weight is 295 g/mol. The van der Waals surface area contributed by atoms with Gasteiger partial charge in [-0.3, -0.25) is 4.79 Å². The lowest BCUT2D eigenvalue weighted by Gasteiger charge is -2.25. The first-order valence-corrected chi connectivity index (χ1v) is 6.69. The number of nitrogens with one attached hydrogen (secondary N) is 1. The molecule has 0 aromatic rings. The number of alkyl halides is 3. The number of carbonyl (C=O) groups excluding carboxylic acids is 2. The Labute approximate surface area is 116 Å². The Kier molecular flexibility index (Phi) is 5.64. The van der Waals surface area contributed by atoms with Crippen molar-refractivity contribution in [2.75, 3.05) is 26.2 Å². The smallest absolute Gasteiger partial charge is 0.341 e. The third kappa shape index (κ3) is 4.28. The summed E-state index contributed by atoms with van der Waals surface area (Å²) in [6, 6.07) is -2.71. The van der Waals surface area contributed by atoms with Crippen LogP contribution < -0.4 is 5.32 Å². The number of hydrogen-bond acceptors (Lipinski definition) is 2. The van der Waals surface area contributed by atoms with Gasteiger partial charge in [0.2, 0.25) is 5.91 Å². The van der Waals surface area contributed by atoms with Crippen LogP contribution in [-0.4, -0.2) is 60.1 Å². The molecular formula is C12H20F3N3O2. The van der Waals surface area contributed by atoms with E-state index >= 15 is 0 Å².